The average Bonchev–Trinajstić information content (AvgIpc) is 2.99. The predicted octanol–water partition coefficient (Wildman–Crippen LogP) is 2.90. The Bertz CT molecular complexity index is 810. The predicted molar refractivity (Wildman–Crippen MR) is 82.6 cm³/mol. The molecule has 21 heavy (non-hydrogen) atoms. The molecule has 0 unspecified atom stereocenters. The van der Waals surface area contributed by atoms with Crippen molar-refractivity contribution < 1.29 is 0 Å². The Kier molecular flexibility index (Phi) is 3.75. The second-order valence-corrected chi connectivity index (χ2v) is 5.46. The van der Waals surface area contributed by atoms with E-state index in [9.17, 15) is 4.79 Å². The van der Waals surface area contributed by atoms with Crippen LogP contribution < -0.4 is 5.56 Å². The van der Waals surface area contributed by atoms with Gasteiger partial charge in [-0.3, -0.25) is 14.0 Å². The van der Waals surface area contributed by atoms with E-state index in [0.29, 0.717) is 15.9 Å². The standard InChI is InChI=1S/C15H15ClN4O/c1-11(5-8-19-7-2-6-18-19)20-10-17-14-4-3-12(16)9-13(14)15(20)21/h2-4,6-7,9-11H,5,8H2,1H3/t11-/m1/s1. The van der Waals surface area contributed by atoms with Crippen LogP contribution in [0.5, 0.6) is 0 Å². The number of hydrogen-bond donors (Lipinski definition) is 0. The van der Waals surface area contributed by atoms with Crippen LogP contribution in [0.15, 0.2) is 47.8 Å². The molecule has 0 aliphatic heterocycles. The lowest BCUT2D eigenvalue weighted by Crippen LogP contribution is -2.24. The number of aromatic nitrogens is 4. The number of nitrogens with zero attached hydrogens (tertiary/aromatic N) is 4. The van der Waals surface area contributed by atoms with Gasteiger partial charge in [-0.25, -0.2) is 4.98 Å². The number of rotatable bonds is 4. The third kappa shape index (κ3) is 2.83. The van der Waals surface area contributed by atoms with Crippen molar-refractivity contribution in [1.82, 2.24) is 19.3 Å². The summed E-state index contributed by atoms with van der Waals surface area (Å²) in [5, 5.41) is 5.26. The summed E-state index contributed by atoms with van der Waals surface area (Å²) >= 11 is 5.96. The average molecular weight is 303 g/mol. The van der Waals surface area contributed by atoms with Crippen molar-refractivity contribution in [2.45, 2.75) is 25.9 Å². The second kappa shape index (κ2) is 5.69. The van der Waals surface area contributed by atoms with Crippen LogP contribution in [-0.2, 0) is 6.54 Å². The van der Waals surface area contributed by atoms with Gasteiger partial charge in [0.1, 0.15) is 0 Å². The highest BCUT2D eigenvalue weighted by atomic mass is 35.5. The third-order valence-electron chi connectivity index (χ3n) is 3.55. The molecule has 3 aromatic rings. The zero-order valence-electron chi connectivity index (χ0n) is 11.6. The normalized spacial score (nSPS) is 12.7. The highest BCUT2D eigenvalue weighted by Crippen LogP contribution is 2.16. The van der Waals surface area contributed by atoms with E-state index in [4.69, 9.17) is 11.6 Å². The summed E-state index contributed by atoms with van der Waals surface area (Å²) in [4.78, 5) is 16.9. The summed E-state index contributed by atoms with van der Waals surface area (Å²) in [6, 6.07) is 7.09. The van der Waals surface area contributed by atoms with E-state index in [-0.39, 0.29) is 11.6 Å². The molecule has 2 heterocycles. The summed E-state index contributed by atoms with van der Waals surface area (Å²) in [7, 11) is 0. The molecule has 5 nitrogen and oxygen atoms in total. The molecule has 0 aliphatic rings. The molecule has 0 saturated carbocycles. The minimum absolute atomic E-state index is 0.0394. The first kappa shape index (κ1) is 13.8. The van der Waals surface area contributed by atoms with Crippen molar-refractivity contribution >= 4 is 22.5 Å². The number of fused-ring (bicyclic) bond motifs is 1. The van der Waals surface area contributed by atoms with E-state index >= 15 is 0 Å². The molecule has 108 valence electrons. The number of benzene rings is 1. The van der Waals surface area contributed by atoms with E-state index in [1.165, 1.54) is 0 Å². The van der Waals surface area contributed by atoms with E-state index < -0.39 is 0 Å². The zero-order valence-corrected chi connectivity index (χ0v) is 12.4. The molecule has 0 aliphatic carbocycles. The van der Waals surface area contributed by atoms with Crippen molar-refractivity contribution in [1.29, 1.82) is 0 Å². The van der Waals surface area contributed by atoms with Crippen LogP contribution in [-0.4, -0.2) is 19.3 Å². The topological polar surface area (TPSA) is 52.7 Å². The third-order valence-corrected chi connectivity index (χ3v) is 3.79. The lowest BCUT2D eigenvalue weighted by Gasteiger charge is -2.15. The summed E-state index contributed by atoms with van der Waals surface area (Å²) < 4.78 is 3.51. The number of hydrogen-bond acceptors (Lipinski definition) is 3. The first-order valence-electron chi connectivity index (χ1n) is 6.79. The van der Waals surface area contributed by atoms with Crippen molar-refractivity contribution in [3.05, 3.63) is 58.4 Å². The molecule has 0 amide bonds. The molecule has 0 spiro atoms. The lowest BCUT2D eigenvalue weighted by atomic mass is 10.2. The molecule has 0 radical (unpaired) electrons. The fourth-order valence-corrected chi connectivity index (χ4v) is 2.49. The Labute approximate surface area is 126 Å². The monoisotopic (exact) mass is 302 g/mol. The maximum Gasteiger partial charge on any atom is 0.261 e. The van der Waals surface area contributed by atoms with Gasteiger partial charge in [0, 0.05) is 30.0 Å². The largest absolute Gasteiger partial charge is 0.296 e. The van der Waals surface area contributed by atoms with Gasteiger partial charge < -0.3 is 0 Å². The van der Waals surface area contributed by atoms with E-state index in [2.05, 4.69) is 10.1 Å². The zero-order chi connectivity index (χ0) is 14.8. The summed E-state index contributed by atoms with van der Waals surface area (Å²) in [6.45, 7) is 2.76. The van der Waals surface area contributed by atoms with Gasteiger partial charge in [-0.05, 0) is 37.6 Å². The second-order valence-electron chi connectivity index (χ2n) is 5.03. The molecular formula is C15H15ClN4O. The minimum Gasteiger partial charge on any atom is -0.296 e. The van der Waals surface area contributed by atoms with Crippen LogP contribution in [0, 0.1) is 0 Å². The minimum atomic E-state index is -0.0598. The molecule has 1 atom stereocenters. The number of halogens is 1. The molecular weight excluding hydrogens is 288 g/mol. The fraction of sp³-hybridized carbons (Fsp3) is 0.267. The first-order chi connectivity index (χ1) is 10.1. The smallest absolute Gasteiger partial charge is 0.261 e. The van der Waals surface area contributed by atoms with E-state index in [1.54, 1.807) is 35.3 Å². The van der Waals surface area contributed by atoms with Crippen molar-refractivity contribution in [3.63, 3.8) is 0 Å². The maximum atomic E-state index is 12.5. The summed E-state index contributed by atoms with van der Waals surface area (Å²) in [6.07, 6.45) is 6.06. The Morgan fingerprint density at radius 2 is 2.24 bits per heavy atom. The van der Waals surface area contributed by atoms with Gasteiger partial charge in [-0.2, -0.15) is 5.10 Å². The Balaban J connectivity index is 1.89. The quantitative estimate of drug-likeness (QED) is 0.744. The van der Waals surface area contributed by atoms with E-state index in [0.717, 1.165) is 13.0 Å². The van der Waals surface area contributed by atoms with Crippen LogP contribution in [0.2, 0.25) is 5.02 Å². The Morgan fingerprint density at radius 3 is 3.00 bits per heavy atom. The lowest BCUT2D eigenvalue weighted by molar-refractivity contribution is 0.436. The van der Waals surface area contributed by atoms with Gasteiger partial charge in [0.25, 0.3) is 5.56 Å². The molecule has 1 aromatic carbocycles. The van der Waals surface area contributed by atoms with Crippen molar-refractivity contribution in [2.24, 2.45) is 0 Å². The SMILES string of the molecule is C[C@H](CCn1cccn1)n1cnc2ccc(Cl)cc2c1=O. The molecule has 0 N–H and O–H groups in total. The van der Waals surface area contributed by atoms with Gasteiger partial charge in [0.2, 0.25) is 0 Å². The fourth-order valence-electron chi connectivity index (χ4n) is 2.31. The highest BCUT2D eigenvalue weighted by Gasteiger charge is 2.10. The Morgan fingerprint density at radius 1 is 1.38 bits per heavy atom. The molecule has 3 rings (SSSR count). The van der Waals surface area contributed by atoms with Crippen LogP contribution in [0.25, 0.3) is 10.9 Å². The Hall–Kier alpha value is -2.14. The molecule has 0 fully saturated rings. The van der Waals surface area contributed by atoms with Gasteiger partial charge in [0.15, 0.2) is 0 Å². The first-order valence-corrected chi connectivity index (χ1v) is 7.17. The van der Waals surface area contributed by atoms with Crippen LogP contribution in [0.3, 0.4) is 0 Å². The van der Waals surface area contributed by atoms with Crippen LogP contribution >= 0.6 is 11.6 Å². The number of aryl methyl sites for hydroxylation is 1. The van der Waals surface area contributed by atoms with Crippen LogP contribution in [0.4, 0.5) is 0 Å². The van der Waals surface area contributed by atoms with Gasteiger partial charge >= 0.3 is 0 Å². The molecule has 2 aromatic heterocycles. The van der Waals surface area contributed by atoms with Gasteiger partial charge in [-0.1, -0.05) is 11.6 Å². The van der Waals surface area contributed by atoms with Crippen molar-refractivity contribution in [3.8, 4) is 0 Å². The summed E-state index contributed by atoms with van der Waals surface area (Å²) in [5.41, 5.74) is 0.607. The molecule has 0 bridgehead atoms. The van der Waals surface area contributed by atoms with E-state index in [1.807, 2.05) is 23.9 Å². The van der Waals surface area contributed by atoms with Gasteiger partial charge in [-0.15, -0.1) is 0 Å². The van der Waals surface area contributed by atoms with Crippen LogP contribution in [0.1, 0.15) is 19.4 Å². The molecule has 6 heteroatoms. The summed E-state index contributed by atoms with van der Waals surface area (Å²) in [5.74, 6) is 0. The van der Waals surface area contributed by atoms with Gasteiger partial charge in [0.05, 0.1) is 17.2 Å². The van der Waals surface area contributed by atoms with Crippen molar-refractivity contribution in [2.75, 3.05) is 0 Å². The maximum absolute atomic E-state index is 12.5. The molecule has 0 saturated heterocycles. The highest BCUT2D eigenvalue weighted by molar-refractivity contribution is 6.31.